The van der Waals surface area contributed by atoms with Crippen LogP contribution in [-0.4, -0.2) is 36.1 Å². The number of carbonyl (C=O) groups is 1. The van der Waals surface area contributed by atoms with Crippen LogP contribution in [0.25, 0.3) is 0 Å². The van der Waals surface area contributed by atoms with Gasteiger partial charge in [-0.05, 0) is 45.0 Å². The molecule has 3 rings (SSSR count). The summed E-state index contributed by atoms with van der Waals surface area (Å²) in [5, 5.41) is 14.8. The zero-order chi connectivity index (χ0) is 20.1. The van der Waals surface area contributed by atoms with Gasteiger partial charge in [-0.2, -0.15) is 5.10 Å². The van der Waals surface area contributed by atoms with Crippen LogP contribution in [0.4, 0.5) is 5.82 Å². The van der Waals surface area contributed by atoms with Gasteiger partial charge in [-0.3, -0.25) is 9.89 Å². The molecule has 0 saturated carbocycles. The number of ether oxygens (including phenoxy) is 1. The van der Waals surface area contributed by atoms with E-state index < -0.39 is 0 Å². The zero-order valence-electron chi connectivity index (χ0n) is 15.7. The SMILES string of the molecule is CC(Sc1n[nH]c(COc2ccc(Cl)cc2)n1)C(=O)Nc1ccnn1C(C)C. The molecule has 0 aliphatic rings. The van der Waals surface area contributed by atoms with Gasteiger partial charge in [0.2, 0.25) is 11.1 Å². The smallest absolute Gasteiger partial charge is 0.238 e. The number of H-pyrrole nitrogens is 1. The molecule has 1 unspecified atom stereocenters. The number of benzene rings is 1. The molecule has 0 aliphatic carbocycles. The number of hydrogen-bond acceptors (Lipinski definition) is 6. The molecule has 28 heavy (non-hydrogen) atoms. The number of thioether (sulfide) groups is 1. The van der Waals surface area contributed by atoms with Crippen LogP contribution in [0.2, 0.25) is 5.02 Å². The van der Waals surface area contributed by atoms with E-state index in [2.05, 4.69) is 25.6 Å². The van der Waals surface area contributed by atoms with E-state index in [-0.39, 0.29) is 23.8 Å². The highest BCUT2D eigenvalue weighted by molar-refractivity contribution is 8.00. The van der Waals surface area contributed by atoms with Crippen LogP contribution in [0, 0.1) is 0 Å². The molecule has 0 radical (unpaired) electrons. The Labute approximate surface area is 172 Å². The predicted octanol–water partition coefficient (Wildman–Crippen LogP) is 3.93. The molecule has 2 aromatic heterocycles. The van der Waals surface area contributed by atoms with Crippen molar-refractivity contribution in [2.45, 2.75) is 43.8 Å². The monoisotopic (exact) mass is 420 g/mol. The van der Waals surface area contributed by atoms with E-state index in [1.165, 1.54) is 11.8 Å². The molecule has 1 atom stereocenters. The second kappa shape index (κ2) is 9.11. The van der Waals surface area contributed by atoms with Gasteiger partial charge < -0.3 is 10.1 Å². The molecule has 0 fully saturated rings. The summed E-state index contributed by atoms with van der Waals surface area (Å²) < 4.78 is 7.39. The van der Waals surface area contributed by atoms with Crippen LogP contribution in [0.1, 0.15) is 32.6 Å². The first-order chi connectivity index (χ1) is 13.4. The second-order valence-corrected chi connectivity index (χ2v) is 8.06. The molecule has 1 amide bonds. The number of aromatic nitrogens is 5. The number of rotatable bonds is 8. The molecule has 0 bridgehead atoms. The average molecular weight is 421 g/mol. The lowest BCUT2D eigenvalue weighted by atomic mass is 10.3. The molecule has 2 heterocycles. The predicted molar refractivity (Wildman–Crippen MR) is 109 cm³/mol. The van der Waals surface area contributed by atoms with Crippen molar-refractivity contribution in [3.63, 3.8) is 0 Å². The van der Waals surface area contributed by atoms with E-state index in [0.717, 1.165) is 0 Å². The highest BCUT2D eigenvalue weighted by Crippen LogP contribution is 2.22. The molecular formula is C18H21ClN6O2S. The summed E-state index contributed by atoms with van der Waals surface area (Å²) in [6.07, 6.45) is 1.66. The fourth-order valence-corrected chi connectivity index (χ4v) is 3.21. The normalized spacial score (nSPS) is 12.2. The van der Waals surface area contributed by atoms with E-state index >= 15 is 0 Å². The molecule has 0 saturated heterocycles. The third-order valence-electron chi connectivity index (χ3n) is 3.76. The van der Waals surface area contributed by atoms with Crippen LogP contribution in [-0.2, 0) is 11.4 Å². The van der Waals surface area contributed by atoms with Crippen molar-refractivity contribution in [1.82, 2.24) is 25.0 Å². The first kappa shape index (κ1) is 20.2. The lowest BCUT2D eigenvalue weighted by molar-refractivity contribution is -0.115. The lowest BCUT2D eigenvalue weighted by Crippen LogP contribution is -2.24. The number of aromatic amines is 1. The fourth-order valence-electron chi connectivity index (χ4n) is 2.34. The fraction of sp³-hybridized carbons (Fsp3) is 0.333. The summed E-state index contributed by atoms with van der Waals surface area (Å²) >= 11 is 7.11. The van der Waals surface area contributed by atoms with Gasteiger partial charge >= 0.3 is 0 Å². The van der Waals surface area contributed by atoms with Crippen molar-refractivity contribution >= 4 is 35.1 Å². The lowest BCUT2D eigenvalue weighted by Gasteiger charge is -2.14. The van der Waals surface area contributed by atoms with Crippen molar-refractivity contribution in [3.05, 3.63) is 47.4 Å². The molecule has 3 aromatic rings. The minimum absolute atomic E-state index is 0.142. The average Bonchev–Trinajstić information content (AvgIpc) is 3.30. The third-order valence-corrected chi connectivity index (χ3v) is 4.98. The maximum Gasteiger partial charge on any atom is 0.238 e. The Morgan fingerprint density at radius 3 is 2.75 bits per heavy atom. The van der Waals surface area contributed by atoms with Gasteiger partial charge in [-0.1, -0.05) is 23.4 Å². The number of halogens is 1. The van der Waals surface area contributed by atoms with Gasteiger partial charge in [0, 0.05) is 17.1 Å². The van der Waals surface area contributed by atoms with Crippen LogP contribution in [0.5, 0.6) is 5.75 Å². The van der Waals surface area contributed by atoms with E-state index in [0.29, 0.717) is 27.6 Å². The van der Waals surface area contributed by atoms with Gasteiger partial charge in [-0.15, -0.1) is 5.10 Å². The Bertz CT molecular complexity index is 924. The molecule has 148 valence electrons. The Balaban J connectivity index is 1.52. The highest BCUT2D eigenvalue weighted by atomic mass is 35.5. The standard InChI is InChI=1S/C18H21ClN6O2S/c1-11(2)25-16(8-9-20-25)22-17(26)12(3)28-18-21-15(23-24-18)10-27-14-6-4-13(19)5-7-14/h4-9,11-12H,10H2,1-3H3,(H,22,26)(H,21,23,24). The molecule has 0 aliphatic heterocycles. The summed E-state index contributed by atoms with van der Waals surface area (Å²) in [4.78, 5) is 16.8. The van der Waals surface area contributed by atoms with Crippen LogP contribution >= 0.6 is 23.4 Å². The summed E-state index contributed by atoms with van der Waals surface area (Å²) in [5.41, 5.74) is 0. The maximum absolute atomic E-state index is 12.5. The van der Waals surface area contributed by atoms with Gasteiger partial charge in [0.15, 0.2) is 5.82 Å². The summed E-state index contributed by atoms with van der Waals surface area (Å²) in [5.74, 6) is 1.78. The quantitative estimate of drug-likeness (QED) is 0.536. The van der Waals surface area contributed by atoms with Gasteiger partial charge in [0.05, 0.1) is 11.4 Å². The molecule has 10 heteroatoms. The van der Waals surface area contributed by atoms with E-state index in [1.54, 1.807) is 48.1 Å². The first-order valence-electron chi connectivity index (χ1n) is 8.73. The number of nitrogens with one attached hydrogen (secondary N) is 2. The van der Waals surface area contributed by atoms with Crippen molar-refractivity contribution in [2.75, 3.05) is 5.32 Å². The zero-order valence-corrected chi connectivity index (χ0v) is 17.3. The molecule has 2 N–H and O–H groups in total. The largest absolute Gasteiger partial charge is 0.486 e. The summed E-state index contributed by atoms with van der Waals surface area (Å²) in [7, 11) is 0. The topological polar surface area (TPSA) is 97.7 Å². The minimum Gasteiger partial charge on any atom is -0.486 e. The number of anilines is 1. The number of hydrogen-bond donors (Lipinski definition) is 2. The number of amides is 1. The van der Waals surface area contributed by atoms with Gasteiger partial charge in [0.25, 0.3) is 0 Å². The first-order valence-corrected chi connectivity index (χ1v) is 9.99. The van der Waals surface area contributed by atoms with E-state index in [4.69, 9.17) is 16.3 Å². The Hall–Kier alpha value is -2.52. The van der Waals surface area contributed by atoms with Crippen LogP contribution in [0.15, 0.2) is 41.7 Å². The summed E-state index contributed by atoms with van der Waals surface area (Å²) in [6.45, 7) is 6.05. The Kier molecular flexibility index (Phi) is 6.58. The van der Waals surface area contributed by atoms with Crippen LogP contribution < -0.4 is 10.1 Å². The van der Waals surface area contributed by atoms with E-state index in [9.17, 15) is 4.79 Å². The third kappa shape index (κ3) is 5.26. The number of carbonyl (C=O) groups excluding carboxylic acids is 1. The highest BCUT2D eigenvalue weighted by Gasteiger charge is 2.19. The van der Waals surface area contributed by atoms with Gasteiger partial charge in [0.1, 0.15) is 18.2 Å². The summed E-state index contributed by atoms with van der Waals surface area (Å²) in [6, 6.07) is 9.00. The Morgan fingerprint density at radius 1 is 1.29 bits per heavy atom. The molecular weight excluding hydrogens is 400 g/mol. The minimum atomic E-state index is -0.378. The second-order valence-electron chi connectivity index (χ2n) is 6.31. The van der Waals surface area contributed by atoms with E-state index in [1.807, 2.05) is 13.8 Å². The Morgan fingerprint density at radius 2 is 2.04 bits per heavy atom. The number of nitrogens with zero attached hydrogens (tertiary/aromatic N) is 4. The van der Waals surface area contributed by atoms with Crippen molar-refractivity contribution < 1.29 is 9.53 Å². The van der Waals surface area contributed by atoms with Crippen molar-refractivity contribution in [1.29, 1.82) is 0 Å². The molecule has 1 aromatic carbocycles. The maximum atomic E-state index is 12.5. The van der Waals surface area contributed by atoms with Crippen LogP contribution in [0.3, 0.4) is 0 Å². The van der Waals surface area contributed by atoms with Gasteiger partial charge in [-0.25, -0.2) is 9.67 Å². The van der Waals surface area contributed by atoms with Crippen molar-refractivity contribution in [2.24, 2.45) is 0 Å². The molecule has 8 nitrogen and oxygen atoms in total. The van der Waals surface area contributed by atoms with Crippen molar-refractivity contribution in [3.8, 4) is 5.75 Å². The molecule has 0 spiro atoms.